The lowest BCUT2D eigenvalue weighted by molar-refractivity contribution is 0.577. The highest BCUT2D eigenvalue weighted by Gasteiger charge is 2.14. The van der Waals surface area contributed by atoms with Crippen LogP contribution in [0.15, 0.2) is 23.1 Å². The number of nitrogen functional groups attached to an aromatic ring is 1. The van der Waals surface area contributed by atoms with Crippen LogP contribution < -0.4 is 15.8 Å². The third kappa shape index (κ3) is 4.16. The molecule has 7 heteroatoms. The molecule has 1 aromatic carbocycles. The molecule has 4 N–H and O–H groups in total. The smallest absolute Gasteiger partial charge is 0.240 e. The molecule has 0 radical (unpaired) electrons. The summed E-state index contributed by atoms with van der Waals surface area (Å²) in [6.07, 6.45) is 0.721. The average molecular weight is 278 g/mol. The van der Waals surface area contributed by atoms with Crippen LogP contribution in [0.25, 0.3) is 0 Å². The summed E-state index contributed by atoms with van der Waals surface area (Å²) in [6, 6.07) is 4.25. The average Bonchev–Trinajstić information content (AvgIpc) is 2.28. The highest BCUT2D eigenvalue weighted by molar-refractivity contribution is 7.89. The topological polar surface area (TPSA) is 84.2 Å². The Bertz CT molecular complexity index is 476. The van der Waals surface area contributed by atoms with E-state index in [9.17, 15) is 8.42 Å². The number of sulfonamides is 1. The first kappa shape index (κ1) is 14.2. The molecule has 0 fully saturated rings. The molecule has 0 aliphatic rings. The molecule has 96 valence electrons. The second-order valence-electron chi connectivity index (χ2n) is 3.54. The SMILES string of the molecule is CNCCCNS(=O)(=O)c1ccc(N)c(Cl)c1. The fraction of sp³-hybridized carbons (Fsp3) is 0.400. The molecule has 0 atom stereocenters. The summed E-state index contributed by atoms with van der Waals surface area (Å²) < 4.78 is 26.1. The maximum absolute atomic E-state index is 11.8. The summed E-state index contributed by atoms with van der Waals surface area (Å²) in [5, 5.41) is 3.18. The van der Waals surface area contributed by atoms with Gasteiger partial charge in [0.1, 0.15) is 0 Å². The molecule has 0 spiro atoms. The molecule has 0 aliphatic heterocycles. The van der Waals surface area contributed by atoms with Crippen LogP contribution in [-0.4, -0.2) is 28.6 Å². The molecule has 0 amide bonds. The zero-order chi connectivity index (χ0) is 12.9. The van der Waals surface area contributed by atoms with Crippen molar-refractivity contribution >= 4 is 27.3 Å². The van der Waals surface area contributed by atoms with E-state index in [2.05, 4.69) is 10.0 Å². The number of benzene rings is 1. The van der Waals surface area contributed by atoms with Crippen molar-refractivity contribution in [1.82, 2.24) is 10.0 Å². The highest BCUT2D eigenvalue weighted by atomic mass is 35.5. The van der Waals surface area contributed by atoms with Gasteiger partial charge in [-0.05, 0) is 38.2 Å². The summed E-state index contributed by atoms with van der Waals surface area (Å²) in [6.45, 7) is 1.14. The third-order valence-electron chi connectivity index (χ3n) is 2.18. The van der Waals surface area contributed by atoms with Crippen molar-refractivity contribution < 1.29 is 8.42 Å². The van der Waals surface area contributed by atoms with Gasteiger partial charge in [-0.2, -0.15) is 0 Å². The van der Waals surface area contributed by atoms with E-state index in [0.29, 0.717) is 12.2 Å². The minimum atomic E-state index is -3.50. The Kier molecular flexibility index (Phi) is 5.20. The maximum Gasteiger partial charge on any atom is 0.240 e. The van der Waals surface area contributed by atoms with Crippen LogP contribution in [0.2, 0.25) is 5.02 Å². The first-order valence-electron chi connectivity index (χ1n) is 5.16. The van der Waals surface area contributed by atoms with Gasteiger partial charge in [0.25, 0.3) is 0 Å². The molecular weight excluding hydrogens is 262 g/mol. The van der Waals surface area contributed by atoms with Crippen molar-refractivity contribution in [2.75, 3.05) is 25.9 Å². The minimum Gasteiger partial charge on any atom is -0.398 e. The number of anilines is 1. The molecule has 1 rings (SSSR count). The Morgan fingerprint density at radius 2 is 2.06 bits per heavy atom. The first-order valence-corrected chi connectivity index (χ1v) is 7.03. The Morgan fingerprint density at radius 1 is 1.35 bits per heavy atom. The number of hydrogen-bond acceptors (Lipinski definition) is 4. The van der Waals surface area contributed by atoms with Gasteiger partial charge in [-0.15, -0.1) is 0 Å². The lowest BCUT2D eigenvalue weighted by Gasteiger charge is -2.07. The fourth-order valence-corrected chi connectivity index (χ4v) is 2.58. The second-order valence-corrected chi connectivity index (χ2v) is 5.71. The molecule has 0 saturated carbocycles. The zero-order valence-corrected chi connectivity index (χ0v) is 11.1. The molecule has 1 aromatic rings. The van der Waals surface area contributed by atoms with E-state index in [-0.39, 0.29) is 9.92 Å². The Hall–Kier alpha value is -0.820. The summed E-state index contributed by atoms with van der Waals surface area (Å²) in [5.41, 5.74) is 5.88. The van der Waals surface area contributed by atoms with E-state index in [0.717, 1.165) is 13.0 Å². The first-order chi connectivity index (χ1) is 7.97. The number of hydrogen-bond donors (Lipinski definition) is 3. The molecule has 0 saturated heterocycles. The standard InChI is InChI=1S/C10H16ClN3O2S/c1-13-5-2-6-14-17(15,16)8-3-4-10(12)9(11)7-8/h3-4,7,13-14H,2,5-6,12H2,1H3. The zero-order valence-electron chi connectivity index (χ0n) is 9.53. The van der Waals surface area contributed by atoms with Crippen LogP contribution in [-0.2, 0) is 10.0 Å². The summed E-state index contributed by atoms with van der Waals surface area (Å²) >= 11 is 5.78. The highest BCUT2D eigenvalue weighted by Crippen LogP contribution is 2.22. The minimum absolute atomic E-state index is 0.126. The van der Waals surface area contributed by atoms with Gasteiger partial charge in [-0.25, -0.2) is 13.1 Å². The molecule has 17 heavy (non-hydrogen) atoms. The predicted octanol–water partition coefficient (Wildman–Crippen LogP) is 0.810. The van der Waals surface area contributed by atoms with Crippen molar-refractivity contribution in [3.8, 4) is 0 Å². The monoisotopic (exact) mass is 277 g/mol. The molecule has 0 aromatic heterocycles. The Balaban J connectivity index is 2.72. The predicted molar refractivity (Wildman–Crippen MR) is 69.6 cm³/mol. The number of halogens is 1. The van der Waals surface area contributed by atoms with E-state index >= 15 is 0 Å². The van der Waals surface area contributed by atoms with E-state index in [1.165, 1.54) is 18.2 Å². The van der Waals surface area contributed by atoms with Crippen molar-refractivity contribution in [3.63, 3.8) is 0 Å². The van der Waals surface area contributed by atoms with E-state index in [1.54, 1.807) is 0 Å². The van der Waals surface area contributed by atoms with Gasteiger partial charge in [0.05, 0.1) is 15.6 Å². The van der Waals surface area contributed by atoms with Gasteiger partial charge in [0.15, 0.2) is 0 Å². The summed E-state index contributed by atoms with van der Waals surface area (Å²) in [4.78, 5) is 0.126. The summed E-state index contributed by atoms with van der Waals surface area (Å²) in [7, 11) is -1.68. The Labute approximate surface area is 106 Å². The maximum atomic E-state index is 11.8. The van der Waals surface area contributed by atoms with E-state index in [4.69, 9.17) is 17.3 Å². The van der Waals surface area contributed by atoms with Crippen LogP contribution in [0.1, 0.15) is 6.42 Å². The molecule has 0 heterocycles. The molecular formula is C10H16ClN3O2S. The lowest BCUT2D eigenvalue weighted by atomic mass is 10.3. The molecule has 0 bridgehead atoms. The lowest BCUT2D eigenvalue weighted by Crippen LogP contribution is -2.26. The van der Waals surface area contributed by atoms with Crippen LogP contribution in [0, 0.1) is 0 Å². The van der Waals surface area contributed by atoms with Gasteiger partial charge < -0.3 is 11.1 Å². The summed E-state index contributed by atoms with van der Waals surface area (Å²) in [5.74, 6) is 0. The largest absolute Gasteiger partial charge is 0.398 e. The normalized spacial score (nSPS) is 11.6. The van der Waals surface area contributed by atoms with Crippen LogP contribution in [0.4, 0.5) is 5.69 Å². The van der Waals surface area contributed by atoms with Gasteiger partial charge in [0, 0.05) is 6.54 Å². The third-order valence-corrected chi connectivity index (χ3v) is 3.96. The van der Waals surface area contributed by atoms with Gasteiger partial charge in [-0.3, -0.25) is 0 Å². The molecule has 0 unspecified atom stereocenters. The van der Waals surface area contributed by atoms with Gasteiger partial charge in [-0.1, -0.05) is 11.6 Å². The van der Waals surface area contributed by atoms with Crippen molar-refractivity contribution in [2.24, 2.45) is 0 Å². The van der Waals surface area contributed by atoms with Crippen LogP contribution in [0.3, 0.4) is 0 Å². The second kappa shape index (κ2) is 6.20. The number of nitrogens with two attached hydrogens (primary N) is 1. The Morgan fingerprint density at radius 3 is 2.65 bits per heavy atom. The van der Waals surface area contributed by atoms with Crippen LogP contribution in [0.5, 0.6) is 0 Å². The van der Waals surface area contributed by atoms with E-state index in [1.807, 2.05) is 7.05 Å². The fourth-order valence-electron chi connectivity index (χ4n) is 1.23. The van der Waals surface area contributed by atoms with Crippen molar-refractivity contribution in [1.29, 1.82) is 0 Å². The van der Waals surface area contributed by atoms with Crippen molar-refractivity contribution in [3.05, 3.63) is 23.2 Å². The van der Waals surface area contributed by atoms with E-state index < -0.39 is 10.0 Å². The molecule has 0 aliphatic carbocycles. The quantitative estimate of drug-likeness (QED) is 0.531. The number of rotatable bonds is 6. The van der Waals surface area contributed by atoms with Crippen molar-refractivity contribution in [2.45, 2.75) is 11.3 Å². The van der Waals surface area contributed by atoms with Gasteiger partial charge >= 0.3 is 0 Å². The molecule has 5 nitrogen and oxygen atoms in total. The number of nitrogens with one attached hydrogen (secondary N) is 2. The van der Waals surface area contributed by atoms with Gasteiger partial charge in [0.2, 0.25) is 10.0 Å². The van der Waals surface area contributed by atoms with Crippen LogP contribution >= 0.6 is 11.6 Å².